The van der Waals surface area contributed by atoms with Gasteiger partial charge in [-0.15, -0.1) is 0 Å². The largest absolute Gasteiger partial charge is 0.385 e. The molecular weight excluding hydrogens is 240 g/mol. The Kier molecular flexibility index (Phi) is 6.36. The van der Waals surface area contributed by atoms with E-state index in [-0.39, 0.29) is 11.8 Å². The number of amides is 1. The van der Waals surface area contributed by atoms with Crippen molar-refractivity contribution in [2.24, 2.45) is 11.8 Å². The van der Waals surface area contributed by atoms with Crippen molar-refractivity contribution in [2.45, 2.75) is 20.8 Å². The molecule has 0 radical (unpaired) electrons. The third-order valence-electron chi connectivity index (χ3n) is 2.78. The molecule has 0 aliphatic heterocycles. The topological polar surface area (TPSA) is 50.4 Å². The van der Waals surface area contributed by atoms with Crippen LogP contribution < -0.4 is 10.6 Å². The molecule has 1 aromatic carbocycles. The van der Waals surface area contributed by atoms with Crippen molar-refractivity contribution < 1.29 is 9.53 Å². The summed E-state index contributed by atoms with van der Waals surface area (Å²) >= 11 is 0. The number of nitrogens with one attached hydrogen (secondary N) is 2. The molecule has 0 aromatic heterocycles. The van der Waals surface area contributed by atoms with Gasteiger partial charge in [-0.25, -0.2) is 0 Å². The first-order valence-electron chi connectivity index (χ1n) is 6.66. The summed E-state index contributed by atoms with van der Waals surface area (Å²) in [7, 11) is 1.71. The van der Waals surface area contributed by atoms with Gasteiger partial charge in [-0.05, 0) is 30.2 Å². The molecule has 0 bridgehead atoms. The molecule has 1 atom stereocenters. The first-order chi connectivity index (χ1) is 9.02. The summed E-state index contributed by atoms with van der Waals surface area (Å²) in [6.07, 6.45) is 0. The van der Waals surface area contributed by atoms with Crippen LogP contribution in [0.2, 0.25) is 0 Å². The van der Waals surface area contributed by atoms with E-state index in [0.29, 0.717) is 5.92 Å². The number of rotatable bonds is 7. The van der Waals surface area contributed by atoms with E-state index in [1.165, 1.54) is 0 Å². The van der Waals surface area contributed by atoms with Crippen LogP contribution in [0.3, 0.4) is 0 Å². The molecule has 1 rings (SSSR count). The quantitative estimate of drug-likeness (QED) is 0.796. The second-order valence-electron chi connectivity index (χ2n) is 5.16. The van der Waals surface area contributed by atoms with E-state index in [1.54, 1.807) is 7.11 Å². The summed E-state index contributed by atoms with van der Waals surface area (Å²) in [5.74, 6) is 0.493. The van der Waals surface area contributed by atoms with Gasteiger partial charge in [-0.3, -0.25) is 4.79 Å². The number of benzene rings is 1. The molecule has 1 amide bonds. The number of ether oxygens (including phenoxy) is 1. The van der Waals surface area contributed by atoms with Crippen molar-refractivity contribution in [1.29, 1.82) is 0 Å². The van der Waals surface area contributed by atoms with Crippen LogP contribution in [0, 0.1) is 11.8 Å². The van der Waals surface area contributed by atoms with Gasteiger partial charge in [-0.1, -0.05) is 20.8 Å². The van der Waals surface area contributed by atoms with E-state index in [4.69, 9.17) is 4.74 Å². The van der Waals surface area contributed by atoms with Gasteiger partial charge in [0.1, 0.15) is 0 Å². The molecule has 19 heavy (non-hydrogen) atoms. The van der Waals surface area contributed by atoms with Crippen molar-refractivity contribution >= 4 is 17.3 Å². The van der Waals surface area contributed by atoms with E-state index < -0.39 is 0 Å². The molecule has 0 fully saturated rings. The lowest BCUT2D eigenvalue weighted by Crippen LogP contribution is -2.18. The molecule has 4 nitrogen and oxygen atoms in total. The number of carbonyl (C=O) groups is 1. The van der Waals surface area contributed by atoms with Crippen LogP contribution in [-0.2, 0) is 9.53 Å². The number of methoxy groups -OCH3 is 1. The third kappa shape index (κ3) is 5.75. The second-order valence-corrected chi connectivity index (χ2v) is 5.16. The summed E-state index contributed by atoms with van der Waals surface area (Å²) in [5, 5.41) is 6.21. The molecule has 1 aromatic rings. The highest BCUT2D eigenvalue weighted by Gasteiger charge is 2.06. The monoisotopic (exact) mass is 264 g/mol. The third-order valence-corrected chi connectivity index (χ3v) is 2.78. The Bertz CT molecular complexity index is 388. The molecule has 0 heterocycles. The Labute approximate surface area is 115 Å². The lowest BCUT2D eigenvalue weighted by Gasteiger charge is -2.13. The first-order valence-corrected chi connectivity index (χ1v) is 6.66. The Balaban J connectivity index is 2.45. The van der Waals surface area contributed by atoms with Gasteiger partial charge in [0.2, 0.25) is 5.91 Å². The Hall–Kier alpha value is -1.55. The van der Waals surface area contributed by atoms with Crippen molar-refractivity contribution in [3.8, 4) is 0 Å². The average molecular weight is 264 g/mol. The van der Waals surface area contributed by atoms with Crippen LogP contribution in [0.4, 0.5) is 11.4 Å². The maximum absolute atomic E-state index is 11.5. The van der Waals surface area contributed by atoms with E-state index in [1.807, 2.05) is 38.1 Å². The van der Waals surface area contributed by atoms with Crippen molar-refractivity contribution in [3.63, 3.8) is 0 Å². The van der Waals surface area contributed by atoms with E-state index >= 15 is 0 Å². The molecule has 4 heteroatoms. The Morgan fingerprint density at radius 2 is 1.74 bits per heavy atom. The van der Waals surface area contributed by atoms with E-state index in [2.05, 4.69) is 17.6 Å². The minimum absolute atomic E-state index is 0.00676. The summed E-state index contributed by atoms with van der Waals surface area (Å²) in [5.41, 5.74) is 1.87. The molecule has 0 aliphatic rings. The summed E-state index contributed by atoms with van der Waals surface area (Å²) in [6, 6.07) is 7.75. The van der Waals surface area contributed by atoms with E-state index in [9.17, 15) is 4.79 Å². The average Bonchev–Trinajstić information content (AvgIpc) is 2.38. The molecule has 1 unspecified atom stereocenters. The molecule has 2 N–H and O–H groups in total. The van der Waals surface area contributed by atoms with Crippen molar-refractivity contribution in [3.05, 3.63) is 24.3 Å². The van der Waals surface area contributed by atoms with Crippen LogP contribution in [0.5, 0.6) is 0 Å². The van der Waals surface area contributed by atoms with Crippen LogP contribution in [0.15, 0.2) is 24.3 Å². The zero-order chi connectivity index (χ0) is 14.3. The summed E-state index contributed by atoms with van der Waals surface area (Å²) in [4.78, 5) is 11.5. The summed E-state index contributed by atoms with van der Waals surface area (Å²) < 4.78 is 5.09. The van der Waals surface area contributed by atoms with Gasteiger partial charge < -0.3 is 15.4 Å². The van der Waals surface area contributed by atoms with Gasteiger partial charge in [0, 0.05) is 30.9 Å². The van der Waals surface area contributed by atoms with Crippen molar-refractivity contribution in [2.75, 3.05) is 30.9 Å². The fourth-order valence-corrected chi connectivity index (χ4v) is 1.59. The van der Waals surface area contributed by atoms with Crippen LogP contribution >= 0.6 is 0 Å². The van der Waals surface area contributed by atoms with Crippen molar-refractivity contribution in [1.82, 2.24) is 0 Å². The standard InChI is InChI=1S/C15H24N2O2/c1-11(2)15(18)17-14-7-5-13(6-8-14)16-9-12(3)10-19-4/h5-8,11-12,16H,9-10H2,1-4H3,(H,17,18). The highest BCUT2D eigenvalue weighted by atomic mass is 16.5. The highest BCUT2D eigenvalue weighted by Crippen LogP contribution is 2.14. The van der Waals surface area contributed by atoms with Gasteiger partial charge >= 0.3 is 0 Å². The van der Waals surface area contributed by atoms with Gasteiger partial charge in [0.15, 0.2) is 0 Å². The molecular formula is C15H24N2O2. The van der Waals surface area contributed by atoms with Gasteiger partial charge in [0.05, 0.1) is 6.61 Å². The molecule has 0 saturated heterocycles. The maximum Gasteiger partial charge on any atom is 0.226 e. The second kappa shape index (κ2) is 7.79. The summed E-state index contributed by atoms with van der Waals surface area (Å²) in [6.45, 7) is 7.50. The number of hydrogen-bond acceptors (Lipinski definition) is 3. The normalized spacial score (nSPS) is 12.3. The number of hydrogen-bond donors (Lipinski definition) is 2. The molecule has 0 spiro atoms. The zero-order valence-corrected chi connectivity index (χ0v) is 12.2. The fraction of sp³-hybridized carbons (Fsp3) is 0.533. The lowest BCUT2D eigenvalue weighted by atomic mass is 10.2. The predicted molar refractivity (Wildman–Crippen MR) is 79.4 cm³/mol. The Morgan fingerprint density at radius 1 is 1.16 bits per heavy atom. The smallest absolute Gasteiger partial charge is 0.226 e. The van der Waals surface area contributed by atoms with Crippen LogP contribution in [0.1, 0.15) is 20.8 Å². The lowest BCUT2D eigenvalue weighted by molar-refractivity contribution is -0.118. The maximum atomic E-state index is 11.5. The van der Waals surface area contributed by atoms with Gasteiger partial charge in [0.25, 0.3) is 0 Å². The van der Waals surface area contributed by atoms with E-state index in [0.717, 1.165) is 24.5 Å². The minimum atomic E-state index is -0.00676. The Morgan fingerprint density at radius 3 is 2.26 bits per heavy atom. The fourth-order valence-electron chi connectivity index (χ4n) is 1.59. The number of anilines is 2. The molecule has 0 aliphatic carbocycles. The van der Waals surface area contributed by atoms with Crippen LogP contribution in [0.25, 0.3) is 0 Å². The van der Waals surface area contributed by atoms with Crippen LogP contribution in [-0.4, -0.2) is 26.2 Å². The highest BCUT2D eigenvalue weighted by molar-refractivity contribution is 5.92. The number of carbonyl (C=O) groups excluding carboxylic acids is 1. The minimum Gasteiger partial charge on any atom is -0.385 e. The SMILES string of the molecule is COCC(C)CNc1ccc(NC(=O)C(C)C)cc1. The predicted octanol–water partition coefficient (Wildman–Crippen LogP) is 2.98. The molecule has 0 saturated carbocycles. The zero-order valence-electron chi connectivity index (χ0n) is 12.2. The first kappa shape index (κ1) is 15.5. The van der Waals surface area contributed by atoms with Gasteiger partial charge in [-0.2, -0.15) is 0 Å². The molecule has 106 valence electrons.